The van der Waals surface area contributed by atoms with E-state index in [2.05, 4.69) is 0 Å². The van der Waals surface area contributed by atoms with E-state index >= 15 is 0 Å². The van der Waals surface area contributed by atoms with Crippen molar-refractivity contribution in [3.8, 4) is 0 Å². The SMILES string of the molecule is O=C([C@@H]1CCCN1C(=O)c1ccco1)N(Cc1ccccc1)C1CC1. The minimum atomic E-state index is -0.373. The van der Waals surface area contributed by atoms with Crippen molar-refractivity contribution in [1.82, 2.24) is 9.80 Å². The lowest BCUT2D eigenvalue weighted by Gasteiger charge is -2.30. The van der Waals surface area contributed by atoms with Gasteiger partial charge < -0.3 is 14.2 Å². The quantitative estimate of drug-likeness (QED) is 0.842. The summed E-state index contributed by atoms with van der Waals surface area (Å²) in [6.45, 7) is 1.23. The molecule has 1 atom stereocenters. The summed E-state index contributed by atoms with van der Waals surface area (Å²) < 4.78 is 5.24. The van der Waals surface area contributed by atoms with E-state index in [1.54, 1.807) is 17.0 Å². The van der Waals surface area contributed by atoms with Crippen molar-refractivity contribution < 1.29 is 14.0 Å². The van der Waals surface area contributed by atoms with Crippen LogP contribution >= 0.6 is 0 Å². The molecule has 0 unspecified atom stereocenters. The fourth-order valence-electron chi connectivity index (χ4n) is 3.55. The highest BCUT2D eigenvalue weighted by Gasteiger charge is 2.41. The Morgan fingerprint density at radius 1 is 1.08 bits per heavy atom. The second-order valence-corrected chi connectivity index (χ2v) is 6.82. The molecule has 130 valence electrons. The smallest absolute Gasteiger partial charge is 0.290 e. The molecular formula is C20H22N2O3. The molecule has 1 saturated heterocycles. The number of furan rings is 1. The zero-order chi connectivity index (χ0) is 17.2. The van der Waals surface area contributed by atoms with Gasteiger partial charge in [-0.3, -0.25) is 9.59 Å². The van der Waals surface area contributed by atoms with E-state index in [4.69, 9.17) is 4.42 Å². The molecule has 0 spiro atoms. The lowest BCUT2D eigenvalue weighted by Crippen LogP contribution is -2.48. The number of hydrogen-bond donors (Lipinski definition) is 0. The molecule has 2 amide bonds. The van der Waals surface area contributed by atoms with Gasteiger partial charge in [0.05, 0.1) is 6.26 Å². The zero-order valence-corrected chi connectivity index (χ0v) is 14.1. The van der Waals surface area contributed by atoms with Crippen LogP contribution in [0.1, 0.15) is 41.8 Å². The first-order chi connectivity index (χ1) is 12.2. The van der Waals surface area contributed by atoms with Crippen molar-refractivity contribution in [3.63, 3.8) is 0 Å². The van der Waals surface area contributed by atoms with Gasteiger partial charge in [0.1, 0.15) is 6.04 Å². The van der Waals surface area contributed by atoms with E-state index in [0.717, 1.165) is 31.2 Å². The molecule has 5 nitrogen and oxygen atoms in total. The van der Waals surface area contributed by atoms with Gasteiger partial charge in [-0.15, -0.1) is 0 Å². The largest absolute Gasteiger partial charge is 0.459 e. The summed E-state index contributed by atoms with van der Waals surface area (Å²) in [7, 11) is 0. The lowest BCUT2D eigenvalue weighted by atomic mass is 10.1. The van der Waals surface area contributed by atoms with Gasteiger partial charge >= 0.3 is 0 Å². The Bertz CT molecular complexity index is 738. The Labute approximate surface area is 147 Å². The summed E-state index contributed by atoms with van der Waals surface area (Å²) in [5, 5.41) is 0. The van der Waals surface area contributed by atoms with Crippen LogP contribution in [0.4, 0.5) is 0 Å². The first kappa shape index (κ1) is 15.9. The van der Waals surface area contributed by atoms with Crippen molar-refractivity contribution in [2.45, 2.75) is 44.3 Å². The third kappa shape index (κ3) is 3.31. The van der Waals surface area contributed by atoms with Crippen molar-refractivity contribution >= 4 is 11.8 Å². The number of benzene rings is 1. The lowest BCUT2D eigenvalue weighted by molar-refractivity contribution is -0.136. The van der Waals surface area contributed by atoms with Crippen LogP contribution in [0.2, 0.25) is 0 Å². The van der Waals surface area contributed by atoms with Gasteiger partial charge in [0.2, 0.25) is 5.91 Å². The van der Waals surface area contributed by atoms with Crippen molar-refractivity contribution in [3.05, 3.63) is 60.1 Å². The molecule has 5 heteroatoms. The molecule has 0 N–H and O–H groups in total. The summed E-state index contributed by atoms with van der Waals surface area (Å²) in [6, 6.07) is 13.4. The first-order valence-corrected chi connectivity index (χ1v) is 8.93. The summed E-state index contributed by atoms with van der Waals surface area (Å²) in [6.07, 6.45) is 5.18. The summed E-state index contributed by atoms with van der Waals surface area (Å²) in [5.74, 6) is 0.195. The minimum absolute atomic E-state index is 0.0729. The van der Waals surface area contributed by atoms with Gasteiger partial charge in [0.15, 0.2) is 5.76 Å². The van der Waals surface area contributed by atoms with Gasteiger partial charge in [-0.1, -0.05) is 30.3 Å². The molecule has 1 aliphatic carbocycles. The van der Waals surface area contributed by atoms with Crippen LogP contribution < -0.4 is 0 Å². The van der Waals surface area contributed by atoms with E-state index in [9.17, 15) is 9.59 Å². The van der Waals surface area contributed by atoms with Crippen LogP contribution in [0.3, 0.4) is 0 Å². The van der Waals surface area contributed by atoms with Gasteiger partial charge in [-0.05, 0) is 43.4 Å². The maximum Gasteiger partial charge on any atom is 0.290 e. The Morgan fingerprint density at radius 3 is 2.56 bits per heavy atom. The number of nitrogens with zero attached hydrogens (tertiary/aromatic N) is 2. The number of likely N-dealkylation sites (tertiary alicyclic amines) is 1. The second-order valence-electron chi connectivity index (χ2n) is 6.82. The normalized spacial score (nSPS) is 19.8. The molecule has 1 saturated carbocycles. The van der Waals surface area contributed by atoms with E-state index in [-0.39, 0.29) is 17.9 Å². The van der Waals surface area contributed by atoms with Crippen molar-refractivity contribution in [2.75, 3.05) is 6.54 Å². The van der Waals surface area contributed by atoms with Crippen LogP contribution in [-0.4, -0.2) is 40.2 Å². The van der Waals surface area contributed by atoms with Gasteiger partial charge in [-0.25, -0.2) is 0 Å². The Morgan fingerprint density at radius 2 is 1.88 bits per heavy atom. The number of amides is 2. The Kier molecular flexibility index (Phi) is 4.30. The highest BCUT2D eigenvalue weighted by atomic mass is 16.3. The molecule has 2 heterocycles. The predicted octanol–water partition coefficient (Wildman–Crippen LogP) is 3.08. The third-order valence-electron chi connectivity index (χ3n) is 5.00. The number of carbonyl (C=O) groups excluding carboxylic acids is 2. The predicted molar refractivity (Wildman–Crippen MR) is 92.8 cm³/mol. The van der Waals surface area contributed by atoms with Crippen LogP contribution in [0.25, 0.3) is 0 Å². The van der Waals surface area contributed by atoms with Crippen molar-refractivity contribution in [1.29, 1.82) is 0 Å². The fourth-order valence-corrected chi connectivity index (χ4v) is 3.55. The summed E-state index contributed by atoms with van der Waals surface area (Å²) in [5.41, 5.74) is 1.13. The molecule has 1 aromatic heterocycles. The highest BCUT2D eigenvalue weighted by molar-refractivity contribution is 5.96. The van der Waals surface area contributed by atoms with Gasteiger partial charge in [0, 0.05) is 19.1 Å². The molecule has 1 aliphatic heterocycles. The molecule has 1 aromatic carbocycles. The van der Waals surface area contributed by atoms with Crippen LogP contribution in [0.5, 0.6) is 0 Å². The monoisotopic (exact) mass is 338 g/mol. The molecule has 4 rings (SSSR count). The summed E-state index contributed by atoms with van der Waals surface area (Å²) >= 11 is 0. The van der Waals surface area contributed by atoms with Crippen LogP contribution in [-0.2, 0) is 11.3 Å². The van der Waals surface area contributed by atoms with Crippen LogP contribution in [0.15, 0.2) is 53.1 Å². The third-order valence-corrected chi connectivity index (χ3v) is 5.00. The summed E-state index contributed by atoms with van der Waals surface area (Å²) in [4.78, 5) is 29.5. The van der Waals surface area contributed by atoms with E-state index in [1.165, 1.54) is 6.26 Å². The Hall–Kier alpha value is -2.56. The molecule has 2 aliphatic rings. The second kappa shape index (κ2) is 6.75. The van der Waals surface area contributed by atoms with Crippen LogP contribution in [0, 0.1) is 0 Å². The van der Waals surface area contributed by atoms with E-state index < -0.39 is 0 Å². The molecular weight excluding hydrogens is 316 g/mol. The molecule has 25 heavy (non-hydrogen) atoms. The number of hydrogen-bond acceptors (Lipinski definition) is 3. The van der Waals surface area contributed by atoms with E-state index in [1.807, 2.05) is 35.2 Å². The standard InChI is InChI=1S/C20H22N2O3/c23-19(22(16-10-11-16)14-15-6-2-1-3-7-15)17-8-4-12-21(17)20(24)18-9-5-13-25-18/h1-3,5-7,9,13,16-17H,4,8,10-12,14H2/t17-/m0/s1. The number of rotatable bonds is 5. The fraction of sp³-hybridized carbons (Fsp3) is 0.400. The maximum atomic E-state index is 13.2. The highest BCUT2D eigenvalue weighted by Crippen LogP contribution is 2.31. The van der Waals surface area contributed by atoms with Crippen molar-refractivity contribution in [2.24, 2.45) is 0 Å². The first-order valence-electron chi connectivity index (χ1n) is 8.93. The molecule has 2 fully saturated rings. The van der Waals surface area contributed by atoms with Gasteiger partial charge in [0.25, 0.3) is 5.91 Å². The topological polar surface area (TPSA) is 53.8 Å². The molecule has 0 radical (unpaired) electrons. The molecule has 0 bridgehead atoms. The number of carbonyl (C=O) groups is 2. The minimum Gasteiger partial charge on any atom is -0.459 e. The zero-order valence-electron chi connectivity index (χ0n) is 14.1. The van der Waals surface area contributed by atoms with Gasteiger partial charge in [-0.2, -0.15) is 0 Å². The molecule has 2 aromatic rings. The average Bonchev–Trinajstić information content (AvgIpc) is 3.14. The average molecular weight is 338 g/mol. The Balaban J connectivity index is 1.52. The van der Waals surface area contributed by atoms with E-state index in [0.29, 0.717) is 24.9 Å². The maximum absolute atomic E-state index is 13.2.